The van der Waals surface area contributed by atoms with Crippen LogP contribution in [0.4, 0.5) is 0 Å². The molecule has 0 bridgehead atoms. The summed E-state index contributed by atoms with van der Waals surface area (Å²) in [7, 11) is 0. The Hall–Kier alpha value is 2.20. The van der Waals surface area contributed by atoms with E-state index in [1.165, 1.54) is 0 Å². The van der Waals surface area contributed by atoms with Gasteiger partial charge in [0, 0.05) is 0 Å². The summed E-state index contributed by atoms with van der Waals surface area (Å²) in [5, 5.41) is 0. The van der Waals surface area contributed by atoms with Crippen LogP contribution in [0, 0.1) is 29.6 Å². The van der Waals surface area contributed by atoms with Gasteiger partial charge in [-0.1, -0.05) is 0 Å². The summed E-state index contributed by atoms with van der Waals surface area (Å²) in [6.45, 7) is 0. The van der Waals surface area contributed by atoms with Crippen molar-refractivity contribution in [2.24, 2.45) is 0 Å². The van der Waals surface area contributed by atoms with Gasteiger partial charge < -0.3 is 25.2 Å². The second kappa shape index (κ2) is 17.3. The average Bonchev–Trinajstić information content (AvgIpc) is 1.25. The molecule has 0 saturated carbocycles. The van der Waals surface area contributed by atoms with Crippen molar-refractivity contribution in [3.63, 3.8) is 0 Å². The molecule has 10 heteroatoms. The van der Waals surface area contributed by atoms with Crippen LogP contribution >= 0.6 is 0 Å². The first-order valence-corrected chi connectivity index (χ1v) is 4.81. The Morgan fingerprint density at radius 2 is 0.500 bits per heavy atom. The maximum atomic E-state index is 8.52. The molecule has 0 aliphatic rings. The summed E-state index contributed by atoms with van der Waals surface area (Å²) >= 11 is -7.29. The molecule has 0 rings (SSSR count). The fourth-order valence-electron chi connectivity index (χ4n) is 0. The molecule has 0 radical (unpaired) electrons. The SMILES string of the molecule is [Ag+].[Ag+].[O-][Br+2]([O-])[O-].[O-][Br+2]([O-])[O-]. The van der Waals surface area contributed by atoms with Gasteiger partial charge in [0.25, 0.3) is 0 Å². The van der Waals surface area contributed by atoms with Crippen LogP contribution in [0.25, 0.3) is 0 Å². The Bertz CT molecular complexity index is 29.2. The quantitative estimate of drug-likeness (QED) is 0.322. The molecule has 0 saturated heterocycles. The van der Waals surface area contributed by atoms with Crippen molar-refractivity contribution >= 4 is 0 Å². The van der Waals surface area contributed by atoms with E-state index in [0.29, 0.717) is 0 Å². The van der Waals surface area contributed by atoms with Crippen molar-refractivity contribution in [1.29, 1.82) is 0 Å². The number of halogens is 2. The third-order valence-electron chi connectivity index (χ3n) is 0. The molecule has 0 atom stereocenters. The zero-order chi connectivity index (χ0) is 7.15. The van der Waals surface area contributed by atoms with Gasteiger partial charge in [-0.25, -0.2) is 0 Å². The second-order valence-electron chi connectivity index (χ2n) is 0.378. The first kappa shape index (κ1) is 22.8. The zero-order valence-electron chi connectivity index (χ0n) is 3.81. The summed E-state index contributed by atoms with van der Waals surface area (Å²) < 4.78 is 51.1. The molecule has 0 unspecified atom stereocenters. The van der Waals surface area contributed by atoms with Crippen molar-refractivity contribution in [2.45, 2.75) is 0 Å². The van der Waals surface area contributed by atoms with Crippen LogP contribution in [0.3, 0.4) is 0 Å². The van der Waals surface area contributed by atoms with Gasteiger partial charge in [0.1, 0.15) is 0 Å². The van der Waals surface area contributed by atoms with Gasteiger partial charge in [-0.3, -0.25) is 0 Å². The summed E-state index contributed by atoms with van der Waals surface area (Å²) in [6.07, 6.45) is 0. The van der Waals surface area contributed by atoms with E-state index < -0.39 is 29.6 Å². The van der Waals surface area contributed by atoms with Gasteiger partial charge in [0.2, 0.25) is 29.6 Å². The largest absolute Gasteiger partial charge is 1.00 e. The van der Waals surface area contributed by atoms with Gasteiger partial charge in [-0.15, -0.1) is 0 Å². The van der Waals surface area contributed by atoms with Crippen molar-refractivity contribution in [2.75, 3.05) is 0 Å². The van der Waals surface area contributed by atoms with E-state index in [1.54, 1.807) is 0 Å². The molecule has 0 amide bonds. The van der Waals surface area contributed by atoms with E-state index in [4.69, 9.17) is 25.2 Å². The monoisotopic (exact) mass is 468 g/mol. The first-order chi connectivity index (χ1) is 3.46. The number of hydrogen-bond donors (Lipinski definition) is 0. The molecular formula is Ag2Br2O6. The molecule has 0 aromatic heterocycles. The van der Waals surface area contributed by atoms with Crippen LogP contribution in [0.1, 0.15) is 0 Å². The van der Waals surface area contributed by atoms with E-state index in [-0.39, 0.29) is 44.8 Å². The summed E-state index contributed by atoms with van der Waals surface area (Å²) in [5.41, 5.74) is 0. The van der Waals surface area contributed by atoms with Crippen LogP contribution in [0.15, 0.2) is 0 Å². The Labute approximate surface area is 98.5 Å². The third-order valence-corrected chi connectivity index (χ3v) is 0. The van der Waals surface area contributed by atoms with Gasteiger partial charge >= 0.3 is 44.8 Å². The zero-order valence-corrected chi connectivity index (χ0v) is 9.94. The standard InChI is InChI=1S/2Ag.2BrO3/c;;2*2-1(3)4/q2*+1;2*-1. The minimum Gasteiger partial charge on any atom is -0.405 e. The Kier molecular flexibility index (Phi) is 39.4. The minimum absolute atomic E-state index is 0. The molecule has 6 nitrogen and oxygen atoms in total. The van der Waals surface area contributed by atoms with Gasteiger partial charge in [-0.2, -0.15) is 0 Å². The Morgan fingerprint density at radius 3 is 0.500 bits per heavy atom. The molecule has 0 spiro atoms. The normalized spacial score (nSPS) is 7.20. The van der Waals surface area contributed by atoms with Gasteiger partial charge in [0.15, 0.2) is 0 Å². The van der Waals surface area contributed by atoms with Crippen LogP contribution in [0.2, 0.25) is 0 Å². The van der Waals surface area contributed by atoms with Crippen molar-refractivity contribution in [3.05, 3.63) is 0 Å². The van der Waals surface area contributed by atoms with E-state index in [1.807, 2.05) is 0 Å². The summed E-state index contributed by atoms with van der Waals surface area (Å²) in [4.78, 5) is 0. The molecule has 0 aliphatic heterocycles. The predicted molar refractivity (Wildman–Crippen MR) is 0 cm³/mol. The molecule has 0 aromatic rings. The van der Waals surface area contributed by atoms with E-state index in [9.17, 15) is 0 Å². The predicted octanol–water partition coefficient (Wildman–Crippen LogP) is -7.14. The summed E-state index contributed by atoms with van der Waals surface area (Å²) in [5.74, 6) is 0. The first-order valence-electron chi connectivity index (χ1n) is 0.926. The van der Waals surface area contributed by atoms with Crippen molar-refractivity contribution in [1.82, 2.24) is 0 Å². The molecule has 0 aromatic carbocycles. The maximum Gasteiger partial charge on any atom is 1.00 e. The van der Waals surface area contributed by atoms with Crippen LogP contribution in [-0.4, -0.2) is 0 Å². The fraction of sp³-hybridized carbons (Fsp3) is 0. The van der Waals surface area contributed by atoms with Crippen LogP contribution < -0.4 is 25.2 Å². The second-order valence-corrected chi connectivity index (χ2v) is 1.96. The molecule has 72 valence electrons. The van der Waals surface area contributed by atoms with Crippen molar-refractivity contribution in [3.8, 4) is 0 Å². The maximum absolute atomic E-state index is 8.52. The van der Waals surface area contributed by atoms with Crippen molar-refractivity contribution < 1.29 is 99.6 Å². The average molecular weight is 472 g/mol. The third kappa shape index (κ3) is 178. The Balaban J connectivity index is -0.0000000300. The number of hydrogen-bond acceptors (Lipinski definition) is 6. The minimum atomic E-state index is -3.65. The van der Waals surface area contributed by atoms with E-state index in [2.05, 4.69) is 0 Å². The topological polar surface area (TPSA) is 138 Å². The molecule has 0 fully saturated rings. The van der Waals surface area contributed by atoms with E-state index in [0.717, 1.165) is 0 Å². The molecule has 10 heavy (non-hydrogen) atoms. The van der Waals surface area contributed by atoms with E-state index >= 15 is 0 Å². The number of rotatable bonds is 0. The summed E-state index contributed by atoms with van der Waals surface area (Å²) in [6, 6.07) is 0. The Morgan fingerprint density at radius 1 is 0.500 bits per heavy atom. The fourth-order valence-corrected chi connectivity index (χ4v) is 0. The molecule has 0 N–H and O–H groups in total. The molecule has 0 heterocycles. The van der Waals surface area contributed by atoms with Gasteiger partial charge in [-0.05, 0) is 0 Å². The van der Waals surface area contributed by atoms with Crippen LogP contribution in [0.5, 0.6) is 0 Å². The smallest absolute Gasteiger partial charge is 0.405 e. The van der Waals surface area contributed by atoms with Crippen LogP contribution in [-0.2, 0) is 44.8 Å². The molecule has 0 aliphatic carbocycles. The van der Waals surface area contributed by atoms with Gasteiger partial charge in [0.05, 0.1) is 0 Å². The molecular weight excluding hydrogens is 472 g/mol.